The second kappa shape index (κ2) is 6.62. The van der Waals surface area contributed by atoms with Crippen molar-refractivity contribution in [2.75, 3.05) is 12.0 Å². The van der Waals surface area contributed by atoms with Crippen molar-refractivity contribution < 1.29 is 19.4 Å². The van der Waals surface area contributed by atoms with Gasteiger partial charge in [-0.1, -0.05) is 30.8 Å². The van der Waals surface area contributed by atoms with Crippen LogP contribution in [0.15, 0.2) is 48.6 Å². The number of hydrogen-bond acceptors (Lipinski definition) is 4. The molecule has 2 amide bonds. The van der Waals surface area contributed by atoms with Gasteiger partial charge in [-0.2, -0.15) is 0 Å². The molecule has 0 heterocycles. The standard InChI is InChI=1S/C16H16N2O4/c1-10(2)15(20)22-9-17-16(21)18-13-7-3-6-12-11(13)5-4-8-14(12)19/h3-8,19H,1,9H2,2H3,(H2,17,18,21). The molecule has 6 nitrogen and oxygen atoms in total. The molecule has 6 heteroatoms. The minimum atomic E-state index is -0.574. The minimum absolute atomic E-state index is 0.136. The largest absolute Gasteiger partial charge is 0.507 e. The average Bonchev–Trinajstić information content (AvgIpc) is 2.48. The van der Waals surface area contributed by atoms with Crippen molar-refractivity contribution in [1.82, 2.24) is 5.32 Å². The molecular weight excluding hydrogens is 284 g/mol. The van der Waals surface area contributed by atoms with Gasteiger partial charge in [0.05, 0.1) is 5.69 Å². The van der Waals surface area contributed by atoms with E-state index in [4.69, 9.17) is 4.74 Å². The number of hydrogen-bond donors (Lipinski definition) is 3. The lowest BCUT2D eigenvalue weighted by Crippen LogP contribution is -2.31. The first-order valence-electron chi connectivity index (χ1n) is 6.57. The quantitative estimate of drug-likeness (QED) is 0.460. The van der Waals surface area contributed by atoms with Crippen LogP contribution < -0.4 is 10.6 Å². The summed E-state index contributed by atoms with van der Waals surface area (Å²) >= 11 is 0. The van der Waals surface area contributed by atoms with Gasteiger partial charge >= 0.3 is 12.0 Å². The molecule has 0 radical (unpaired) electrons. The molecule has 0 bridgehead atoms. The van der Waals surface area contributed by atoms with Gasteiger partial charge in [-0.3, -0.25) is 0 Å². The van der Waals surface area contributed by atoms with Crippen molar-refractivity contribution in [3.8, 4) is 5.75 Å². The molecule has 0 spiro atoms. The van der Waals surface area contributed by atoms with Crippen LogP contribution in [0, 0.1) is 0 Å². The Morgan fingerprint density at radius 2 is 1.86 bits per heavy atom. The van der Waals surface area contributed by atoms with Gasteiger partial charge in [0, 0.05) is 16.3 Å². The number of amides is 2. The van der Waals surface area contributed by atoms with Crippen molar-refractivity contribution in [2.45, 2.75) is 6.92 Å². The first-order chi connectivity index (χ1) is 10.5. The summed E-state index contributed by atoms with van der Waals surface area (Å²) in [6.07, 6.45) is 0. The van der Waals surface area contributed by atoms with Crippen molar-refractivity contribution in [3.63, 3.8) is 0 Å². The lowest BCUT2D eigenvalue weighted by molar-refractivity contribution is -0.139. The van der Waals surface area contributed by atoms with Crippen LogP contribution in [0.25, 0.3) is 10.8 Å². The van der Waals surface area contributed by atoms with Crippen LogP contribution in [0.1, 0.15) is 6.92 Å². The molecule has 0 atom stereocenters. The third-order valence-electron chi connectivity index (χ3n) is 2.93. The zero-order chi connectivity index (χ0) is 16.1. The first kappa shape index (κ1) is 15.4. The van der Waals surface area contributed by atoms with E-state index in [-0.39, 0.29) is 18.1 Å². The Hall–Kier alpha value is -3.02. The van der Waals surface area contributed by atoms with Crippen molar-refractivity contribution in [3.05, 3.63) is 48.6 Å². The van der Waals surface area contributed by atoms with Crippen LogP contribution in [0.2, 0.25) is 0 Å². The molecule has 0 fully saturated rings. The van der Waals surface area contributed by atoms with E-state index < -0.39 is 12.0 Å². The summed E-state index contributed by atoms with van der Waals surface area (Å²) in [6.45, 7) is 4.70. The zero-order valence-electron chi connectivity index (χ0n) is 12.1. The number of nitrogens with one attached hydrogen (secondary N) is 2. The second-order valence-corrected chi connectivity index (χ2v) is 4.67. The fourth-order valence-electron chi connectivity index (χ4n) is 1.86. The molecule has 0 unspecified atom stereocenters. The number of benzene rings is 2. The monoisotopic (exact) mass is 300 g/mol. The maximum atomic E-state index is 11.8. The molecule has 0 saturated carbocycles. The third kappa shape index (κ3) is 3.54. The summed E-state index contributed by atoms with van der Waals surface area (Å²) in [5.74, 6) is -0.438. The average molecular weight is 300 g/mol. The van der Waals surface area contributed by atoms with Gasteiger partial charge in [-0.15, -0.1) is 0 Å². The van der Waals surface area contributed by atoms with E-state index >= 15 is 0 Å². The van der Waals surface area contributed by atoms with Crippen molar-refractivity contribution in [2.24, 2.45) is 0 Å². The highest BCUT2D eigenvalue weighted by Gasteiger charge is 2.08. The number of aromatic hydroxyl groups is 1. The van der Waals surface area contributed by atoms with Gasteiger partial charge in [0.25, 0.3) is 0 Å². The Labute approximate surface area is 127 Å². The van der Waals surface area contributed by atoms with E-state index in [1.807, 2.05) is 0 Å². The summed E-state index contributed by atoms with van der Waals surface area (Å²) in [4.78, 5) is 23.0. The molecule has 0 saturated heterocycles. The van der Waals surface area contributed by atoms with E-state index in [0.717, 1.165) is 0 Å². The Morgan fingerprint density at radius 3 is 2.59 bits per heavy atom. The molecule has 0 aliphatic carbocycles. The number of phenolic OH excluding ortho intramolecular Hbond substituents is 1. The highest BCUT2D eigenvalue weighted by atomic mass is 16.5. The molecule has 3 N–H and O–H groups in total. The second-order valence-electron chi connectivity index (χ2n) is 4.67. The zero-order valence-corrected chi connectivity index (χ0v) is 12.1. The normalized spacial score (nSPS) is 10.0. The number of phenols is 1. The predicted molar refractivity (Wildman–Crippen MR) is 83.5 cm³/mol. The van der Waals surface area contributed by atoms with Gasteiger partial charge in [-0.05, 0) is 19.1 Å². The molecule has 22 heavy (non-hydrogen) atoms. The number of fused-ring (bicyclic) bond motifs is 1. The number of anilines is 1. The number of carbonyl (C=O) groups is 2. The molecule has 114 valence electrons. The minimum Gasteiger partial charge on any atom is -0.507 e. The molecule has 0 aromatic heterocycles. The Balaban J connectivity index is 2.02. The van der Waals surface area contributed by atoms with E-state index in [1.54, 1.807) is 36.4 Å². The maximum absolute atomic E-state index is 11.8. The van der Waals surface area contributed by atoms with Gasteiger partial charge in [-0.25, -0.2) is 9.59 Å². The van der Waals surface area contributed by atoms with Gasteiger partial charge < -0.3 is 20.5 Å². The SMILES string of the molecule is C=C(C)C(=O)OCNC(=O)Nc1cccc2c(O)cccc12. The van der Waals surface area contributed by atoms with Crippen LogP contribution in [0.3, 0.4) is 0 Å². The summed E-state index contributed by atoms with van der Waals surface area (Å²) in [5.41, 5.74) is 0.795. The fraction of sp³-hybridized carbons (Fsp3) is 0.125. The Bertz CT molecular complexity index is 740. The Morgan fingerprint density at radius 1 is 1.18 bits per heavy atom. The van der Waals surface area contributed by atoms with E-state index in [9.17, 15) is 14.7 Å². The summed E-state index contributed by atoms with van der Waals surface area (Å²) < 4.78 is 4.77. The summed E-state index contributed by atoms with van der Waals surface area (Å²) in [5, 5.41) is 16.2. The van der Waals surface area contributed by atoms with Gasteiger partial charge in [0.15, 0.2) is 6.73 Å². The Kier molecular flexibility index (Phi) is 4.63. The lowest BCUT2D eigenvalue weighted by atomic mass is 10.1. The molecule has 0 aliphatic rings. The molecule has 2 aromatic carbocycles. The highest BCUT2D eigenvalue weighted by Crippen LogP contribution is 2.29. The summed E-state index contributed by atoms with van der Waals surface area (Å²) in [6, 6.07) is 9.71. The third-order valence-corrected chi connectivity index (χ3v) is 2.93. The molecule has 2 aromatic rings. The van der Waals surface area contributed by atoms with E-state index in [2.05, 4.69) is 17.2 Å². The number of ether oxygens (including phenoxy) is 1. The number of esters is 1. The topological polar surface area (TPSA) is 87.7 Å². The van der Waals surface area contributed by atoms with Gasteiger partial charge in [0.2, 0.25) is 0 Å². The number of rotatable bonds is 4. The first-order valence-corrected chi connectivity index (χ1v) is 6.57. The van der Waals surface area contributed by atoms with Crippen LogP contribution in [-0.4, -0.2) is 23.8 Å². The van der Waals surface area contributed by atoms with Crippen molar-refractivity contribution >= 4 is 28.5 Å². The molecular formula is C16H16N2O4. The van der Waals surface area contributed by atoms with Crippen LogP contribution >= 0.6 is 0 Å². The lowest BCUT2D eigenvalue weighted by Gasteiger charge is -2.11. The molecule has 0 aliphatic heterocycles. The highest BCUT2D eigenvalue weighted by molar-refractivity contribution is 6.03. The smallest absolute Gasteiger partial charge is 0.334 e. The maximum Gasteiger partial charge on any atom is 0.334 e. The van der Waals surface area contributed by atoms with Crippen LogP contribution in [0.4, 0.5) is 10.5 Å². The van der Waals surface area contributed by atoms with Crippen LogP contribution in [-0.2, 0) is 9.53 Å². The van der Waals surface area contributed by atoms with Crippen molar-refractivity contribution in [1.29, 1.82) is 0 Å². The van der Waals surface area contributed by atoms with Crippen LogP contribution in [0.5, 0.6) is 5.75 Å². The van der Waals surface area contributed by atoms with Gasteiger partial charge in [0.1, 0.15) is 5.75 Å². The fourth-order valence-corrected chi connectivity index (χ4v) is 1.86. The number of carbonyl (C=O) groups excluding carboxylic acids is 2. The van der Waals surface area contributed by atoms with E-state index in [0.29, 0.717) is 16.5 Å². The molecule has 2 rings (SSSR count). The number of urea groups is 1. The van der Waals surface area contributed by atoms with E-state index in [1.165, 1.54) is 6.92 Å². The predicted octanol–water partition coefficient (Wildman–Crippen LogP) is 2.74. The summed E-state index contributed by atoms with van der Waals surface area (Å²) in [7, 11) is 0.